The molecule has 10 heteroatoms. The number of hydrogen-bond donors (Lipinski definition) is 1. The highest BCUT2D eigenvalue weighted by molar-refractivity contribution is 6.08. The zero-order valence-electron chi connectivity index (χ0n) is 18.7. The van der Waals surface area contributed by atoms with Crippen LogP contribution in [-0.4, -0.2) is 43.5 Å². The molecule has 2 aromatic carbocycles. The van der Waals surface area contributed by atoms with Crippen molar-refractivity contribution in [2.75, 3.05) is 12.4 Å². The first-order valence-corrected chi connectivity index (χ1v) is 10.4. The summed E-state index contributed by atoms with van der Waals surface area (Å²) < 4.78 is 21.8. The fraction of sp³-hybridized carbons (Fsp3) is 0.261. The molecule has 0 spiro atoms. The molecule has 1 N–H and O–H groups in total. The molecule has 0 unspecified atom stereocenters. The van der Waals surface area contributed by atoms with Crippen molar-refractivity contribution in [1.29, 1.82) is 0 Å². The maximum Gasteiger partial charge on any atom is 0.256 e. The number of carbonyl (C=O) groups is 2. The van der Waals surface area contributed by atoms with Crippen LogP contribution in [0.15, 0.2) is 40.8 Å². The number of amides is 2. The Morgan fingerprint density at radius 3 is 2.61 bits per heavy atom. The number of rotatable bonds is 6. The van der Waals surface area contributed by atoms with Gasteiger partial charge in [-0.3, -0.25) is 9.59 Å². The number of hydrogen-bond acceptors (Lipinski definition) is 6. The van der Waals surface area contributed by atoms with E-state index in [0.717, 1.165) is 0 Å². The average Bonchev–Trinajstić information content (AvgIpc) is 3.35. The quantitative estimate of drug-likeness (QED) is 0.479. The summed E-state index contributed by atoms with van der Waals surface area (Å²) in [5, 5.41) is 10.4. The Bertz CT molecular complexity index is 1360. The molecular formula is C23H23FN6O3. The fourth-order valence-electron chi connectivity index (χ4n) is 3.74. The average molecular weight is 450 g/mol. The van der Waals surface area contributed by atoms with Crippen LogP contribution in [0.3, 0.4) is 0 Å². The molecule has 170 valence electrons. The first-order chi connectivity index (χ1) is 15.8. The minimum absolute atomic E-state index is 0.103. The van der Waals surface area contributed by atoms with Crippen LogP contribution in [0, 0.1) is 12.7 Å². The number of nitrogens with one attached hydrogen (secondary N) is 1. The molecule has 0 atom stereocenters. The molecule has 2 aromatic heterocycles. The van der Waals surface area contributed by atoms with E-state index in [1.54, 1.807) is 48.9 Å². The number of carbonyl (C=O) groups excluding carboxylic acids is 2. The Kier molecular flexibility index (Phi) is 5.91. The number of anilines is 1. The second kappa shape index (κ2) is 8.81. The molecule has 0 fully saturated rings. The Labute approximate surface area is 189 Å². The lowest BCUT2D eigenvalue weighted by molar-refractivity contribution is -0.114. The van der Waals surface area contributed by atoms with Crippen LogP contribution in [-0.2, 0) is 17.9 Å². The van der Waals surface area contributed by atoms with Crippen molar-refractivity contribution in [3.63, 3.8) is 0 Å². The fourth-order valence-corrected chi connectivity index (χ4v) is 3.74. The standard InChI is InChI=1S/C23H23FN6O3/c1-5-30-21-17(23(32)29(4)12-20-28-27-14(3)33-20)10-15(25-13(2)31)11-19(21)26-22(30)16-8-6-7-9-18(16)24/h6-11H,5,12H2,1-4H3,(H,25,31). The lowest BCUT2D eigenvalue weighted by Crippen LogP contribution is -2.27. The van der Waals surface area contributed by atoms with Gasteiger partial charge in [-0.1, -0.05) is 12.1 Å². The van der Waals surface area contributed by atoms with E-state index >= 15 is 0 Å². The number of halogens is 1. The molecule has 0 aliphatic rings. The molecule has 0 bridgehead atoms. The predicted molar refractivity (Wildman–Crippen MR) is 120 cm³/mol. The summed E-state index contributed by atoms with van der Waals surface area (Å²) >= 11 is 0. The van der Waals surface area contributed by atoms with Crippen molar-refractivity contribution in [3.05, 3.63) is 59.6 Å². The normalized spacial score (nSPS) is 11.1. The topological polar surface area (TPSA) is 106 Å². The maximum atomic E-state index is 14.6. The first kappa shape index (κ1) is 22.1. The largest absolute Gasteiger partial charge is 0.424 e. The van der Waals surface area contributed by atoms with Gasteiger partial charge in [0.05, 0.1) is 28.7 Å². The van der Waals surface area contributed by atoms with Gasteiger partial charge in [-0.2, -0.15) is 0 Å². The Morgan fingerprint density at radius 2 is 1.97 bits per heavy atom. The summed E-state index contributed by atoms with van der Waals surface area (Å²) in [7, 11) is 1.61. The molecule has 0 aliphatic heterocycles. The van der Waals surface area contributed by atoms with Gasteiger partial charge in [-0.15, -0.1) is 10.2 Å². The highest BCUT2D eigenvalue weighted by Gasteiger charge is 2.24. The molecule has 0 saturated heterocycles. The van der Waals surface area contributed by atoms with E-state index in [4.69, 9.17) is 4.42 Å². The summed E-state index contributed by atoms with van der Waals surface area (Å²) in [5.74, 6) is 0.0636. The molecule has 0 saturated carbocycles. The van der Waals surface area contributed by atoms with Crippen molar-refractivity contribution in [2.24, 2.45) is 0 Å². The molecule has 4 aromatic rings. The van der Waals surface area contributed by atoms with Crippen LogP contribution in [0.25, 0.3) is 22.4 Å². The highest BCUT2D eigenvalue weighted by atomic mass is 19.1. The molecule has 4 rings (SSSR count). The zero-order valence-corrected chi connectivity index (χ0v) is 18.7. The minimum atomic E-state index is -0.415. The van der Waals surface area contributed by atoms with Crippen LogP contribution in [0.5, 0.6) is 0 Å². The Morgan fingerprint density at radius 1 is 1.21 bits per heavy atom. The number of aryl methyl sites for hydroxylation is 2. The van der Waals surface area contributed by atoms with Gasteiger partial charge < -0.3 is 19.2 Å². The van der Waals surface area contributed by atoms with Crippen molar-refractivity contribution >= 4 is 28.5 Å². The Hall–Kier alpha value is -4.08. The third kappa shape index (κ3) is 4.32. The van der Waals surface area contributed by atoms with Crippen LogP contribution < -0.4 is 5.32 Å². The number of nitrogens with zero attached hydrogens (tertiary/aromatic N) is 5. The number of fused-ring (bicyclic) bond motifs is 1. The second-order valence-electron chi connectivity index (χ2n) is 7.61. The van der Waals surface area contributed by atoms with E-state index in [1.807, 2.05) is 6.92 Å². The van der Waals surface area contributed by atoms with Gasteiger partial charge in [-0.05, 0) is 31.2 Å². The van der Waals surface area contributed by atoms with E-state index in [-0.39, 0.29) is 18.4 Å². The molecule has 0 radical (unpaired) electrons. The van der Waals surface area contributed by atoms with Crippen LogP contribution in [0.2, 0.25) is 0 Å². The molecule has 9 nitrogen and oxygen atoms in total. The van der Waals surface area contributed by atoms with Crippen molar-refractivity contribution in [3.8, 4) is 11.4 Å². The number of aromatic nitrogens is 4. The first-order valence-electron chi connectivity index (χ1n) is 10.4. The predicted octanol–water partition coefficient (Wildman–Crippen LogP) is 3.78. The summed E-state index contributed by atoms with van der Waals surface area (Å²) in [6.45, 7) is 5.50. The van der Waals surface area contributed by atoms with Gasteiger partial charge in [0.2, 0.25) is 17.7 Å². The van der Waals surface area contributed by atoms with Gasteiger partial charge in [-0.25, -0.2) is 9.37 Å². The lowest BCUT2D eigenvalue weighted by Gasteiger charge is -2.17. The van der Waals surface area contributed by atoms with Gasteiger partial charge in [0, 0.05) is 33.1 Å². The van der Waals surface area contributed by atoms with Crippen molar-refractivity contribution < 1.29 is 18.4 Å². The maximum absolute atomic E-state index is 14.6. The van der Waals surface area contributed by atoms with Crippen LogP contribution in [0.4, 0.5) is 10.1 Å². The monoisotopic (exact) mass is 450 g/mol. The number of imidazole rings is 1. The van der Waals surface area contributed by atoms with Gasteiger partial charge in [0.25, 0.3) is 5.91 Å². The Balaban J connectivity index is 1.88. The van der Waals surface area contributed by atoms with E-state index in [0.29, 0.717) is 52.0 Å². The van der Waals surface area contributed by atoms with Crippen LogP contribution >= 0.6 is 0 Å². The smallest absolute Gasteiger partial charge is 0.256 e. The van der Waals surface area contributed by atoms with Crippen LogP contribution in [0.1, 0.15) is 36.0 Å². The summed E-state index contributed by atoms with van der Waals surface area (Å²) in [4.78, 5) is 31.3. The lowest BCUT2D eigenvalue weighted by atomic mass is 10.1. The minimum Gasteiger partial charge on any atom is -0.424 e. The highest BCUT2D eigenvalue weighted by Crippen LogP contribution is 2.32. The summed E-state index contributed by atoms with van der Waals surface area (Å²) in [6.07, 6.45) is 0. The molecule has 33 heavy (non-hydrogen) atoms. The third-order valence-electron chi connectivity index (χ3n) is 5.11. The summed E-state index contributed by atoms with van der Waals surface area (Å²) in [5.41, 5.74) is 2.06. The third-order valence-corrected chi connectivity index (χ3v) is 5.11. The molecule has 2 heterocycles. The molecular weight excluding hydrogens is 427 g/mol. The van der Waals surface area contributed by atoms with E-state index in [1.165, 1.54) is 17.9 Å². The van der Waals surface area contributed by atoms with Crippen molar-refractivity contribution in [1.82, 2.24) is 24.6 Å². The van der Waals surface area contributed by atoms with Crippen molar-refractivity contribution in [2.45, 2.75) is 33.9 Å². The zero-order chi connectivity index (χ0) is 23.7. The number of benzene rings is 2. The second-order valence-corrected chi connectivity index (χ2v) is 7.61. The van der Waals surface area contributed by atoms with Gasteiger partial charge >= 0.3 is 0 Å². The van der Waals surface area contributed by atoms with Gasteiger partial charge in [0.15, 0.2) is 0 Å². The molecule has 2 amide bonds. The van der Waals surface area contributed by atoms with E-state index < -0.39 is 5.82 Å². The molecule has 0 aliphatic carbocycles. The SMILES string of the molecule is CCn1c(-c2ccccc2F)nc2cc(NC(C)=O)cc(C(=O)N(C)Cc3nnc(C)o3)c21. The summed E-state index contributed by atoms with van der Waals surface area (Å²) in [6, 6.07) is 9.61. The van der Waals surface area contributed by atoms with E-state index in [2.05, 4.69) is 20.5 Å². The van der Waals surface area contributed by atoms with E-state index in [9.17, 15) is 14.0 Å². The van der Waals surface area contributed by atoms with Gasteiger partial charge in [0.1, 0.15) is 11.6 Å².